The fourth-order valence-corrected chi connectivity index (χ4v) is 5.97. The van der Waals surface area contributed by atoms with Crippen LogP contribution in [0.2, 0.25) is 0 Å². The Balaban J connectivity index is 2.01. The lowest BCUT2D eigenvalue weighted by Crippen LogP contribution is -2.64. The number of hydrogen-bond acceptors (Lipinski definition) is 8. The Morgan fingerprint density at radius 3 is 2.06 bits per heavy atom. The predicted molar refractivity (Wildman–Crippen MR) is 202 cm³/mol. The molecule has 3 aromatic carbocycles. The molecule has 4 amide bonds. The van der Waals surface area contributed by atoms with Crippen molar-refractivity contribution in [2.45, 2.75) is 84.5 Å². The number of carbonyl (C=O) groups excluding carboxylic acids is 5. The normalized spacial score (nSPS) is 13.8. The number of aliphatic hydroxyl groups is 1. The highest BCUT2D eigenvalue weighted by atomic mass is 16.5. The summed E-state index contributed by atoms with van der Waals surface area (Å²) in [5, 5.41) is 22.3. The molecule has 0 radical (unpaired) electrons. The minimum atomic E-state index is -1.55. The smallest absolute Gasteiger partial charge is 0.408 e. The molecule has 0 spiro atoms. The molecule has 0 heterocycles. The first-order valence-electron chi connectivity index (χ1n) is 18.1. The van der Waals surface area contributed by atoms with Gasteiger partial charge in [0, 0.05) is 18.4 Å². The van der Waals surface area contributed by atoms with Crippen molar-refractivity contribution in [2.75, 3.05) is 20.3 Å². The van der Waals surface area contributed by atoms with E-state index in [-0.39, 0.29) is 31.9 Å². The Labute approximate surface area is 312 Å². The molecule has 0 aliphatic rings. The number of benzene rings is 3. The Kier molecular flexibility index (Phi) is 17.0. The maximum absolute atomic E-state index is 14.4. The van der Waals surface area contributed by atoms with Gasteiger partial charge in [-0.25, -0.2) is 9.59 Å². The highest BCUT2D eigenvalue weighted by molar-refractivity contribution is 5.92. The van der Waals surface area contributed by atoms with Crippen LogP contribution in [0.4, 0.5) is 4.79 Å². The number of rotatable bonds is 20. The average molecular weight is 731 g/mol. The third-order valence-electron chi connectivity index (χ3n) is 9.12. The summed E-state index contributed by atoms with van der Waals surface area (Å²) in [5.41, 5.74) is 1.69. The zero-order valence-electron chi connectivity index (χ0n) is 31.4. The highest BCUT2D eigenvalue weighted by Gasteiger charge is 2.46. The van der Waals surface area contributed by atoms with Crippen molar-refractivity contribution in [3.63, 3.8) is 0 Å². The average Bonchev–Trinajstić information content (AvgIpc) is 3.17. The third-order valence-corrected chi connectivity index (χ3v) is 9.12. The molecule has 12 nitrogen and oxygen atoms in total. The van der Waals surface area contributed by atoms with Gasteiger partial charge in [0.2, 0.25) is 17.7 Å². The molecule has 4 atom stereocenters. The Morgan fingerprint density at radius 2 is 1.43 bits per heavy atom. The molecule has 0 fully saturated rings. The van der Waals surface area contributed by atoms with Gasteiger partial charge >= 0.3 is 12.1 Å². The molecule has 0 saturated carbocycles. The van der Waals surface area contributed by atoms with Crippen LogP contribution in [0, 0.1) is 11.3 Å². The van der Waals surface area contributed by atoms with Gasteiger partial charge in [0.05, 0.1) is 13.7 Å². The maximum atomic E-state index is 14.4. The van der Waals surface area contributed by atoms with Crippen LogP contribution in [-0.2, 0) is 41.7 Å². The predicted octanol–water partition coefficient (Wildman–Crippen LogP) is 4.68. The Morgan fingerprint density at radius 1 is 0.792 bits per heavy atom. The quantitative estimate of drug-likeness (QED) is 0.0824. The molecule has 0 saturated heterocycles. The first-order chi connectivity index (χ1) is 25.4. The second-order valence-corrected chi connectivity index (χ2v) is 13.6. The zero-order valence-corrected chi connectivity index (χ0v) is 31.4. The van der Waals surface area contributed by atoms with Crippen LogP contribution in [0.3, 0.4) is 0 Å². The van der Waals surface area contributed by atoms with Crippen molar-refractivity contribution in [3.8, 4) is 11.1 Å². The first-order valence-corrected chi connectivity index (χ1v) is 18.1. The summed E-state index contributed by atoms with van der Waals surface area (Å²) in [6.07, 6.45) is 1.60. The number of carbonyl (C=O) groups is 5. The van der Waals surface area contributed by atoms with Gasteiger partial charge in [0.25, 0.3) is 0 Å². The van der Waals surface area contributed by atoms with Crippen LogP contribution in [0.5, 0.6) is 0 Å². The number of nitrogens with one attached hydrogen (secondary N) is 4. The van der Waals surface area contributed by atoms with Crippen molar-refractivity contribution in [1.29, 1.82) is 0 Å². The van der Waals surface area contributed by atoms with Crippen molar-refractivity contribution in [1.82, 2.24) is 21.3 Å². The molecule has 286 valence electrons. The van der Waals surface area contributed by atoms with Crippen molar-refractivity contribution < 1.29 is 38.6 Å². The van der Waals surface area contributed by atoms with Crippen LogP contribution >= 0.6 is 0 Å². The van der Waals surface area contributed by atoms with Crippen LogP contribution in [0.1, 0.15) is 64.5 Å². The van der Waals surface area contributed by atoms with E-state index in [1.54, 1.807) is 26.0 Å². The summed E-state index contributed by atoms with van der Waals surface area (Å²) in [7, 11) is 1.22. The lowest BCUT2D eigenvalue weighted by molar-refractivity contribution is -0.147. The van der Waals surface area contributed by atoms with Crippen LogP contribution in [0.15, 0.2) is 84.9 Å². The molecule has 3 aromatic rings. The second kappa shape index (κ2) is 21.3. The minimum Gasteiger partial charge on any atom is -0.467 e. The van der Waals surface area contributed by atoms with Gasteiger partial charge in [-0.05, 0) is 47.9 Å². The highest BCUT2D eigenvalue weighted by Crippen LogP contribution is 2.33. The summed E-state index contributed by atoms with van der Waals surface area (Å²) in [4.78, 5) is 66.7. The fourth-order valence-electron chi connectivity index (χ4n) is 5.97. The molecule has 3 rings (SSSR count). The summed E-state index contributed by atoms with van der Waals surface area (Å²) in [6, 6.07) is 22.6. The SMILES string of the molecule is CCCCCC(=O)NC(C(=O)NC(C(=O)OC)C(C)C)C(CO)(CNC(=O)[C@H](C)NC(=O)OCc1ccccc1)Cc1ccccc1-c1ccccc1. The van der Waals surface area contributed by atoms with Gasteiger partial charge in [-0.2, -0.15) is 0 Å². The number of ether oxygens (including phenoxy) is 2. The topological polar surface area (TPSA) is 172 Å². The molecule has 0 bridgehead atoms. The lowest BCUT2D eigenvalue weighted by Gasteiger charge is -2.40. The maximum Gasteiger partial charge on any atom is 0.408 e. The standard InChI is InChI=1S/C41H54N4O8/c1-6-7-10-23-34(47)44-36(38(49)45-35(28(2)3)39(50)52-5)41(27-46,24-32-21-15-16-22-33(32)31-19-13-9-14-20-31)26-42-37(48)29(4)43-40(51)53-25-30-17-11-8-12-18-30/h8-9,11-22,28-29,35-36,46H,6-7,10,23-27H2,1-5H3,(H,42,48)(H,43,51)(H,44,47)(H,45,49)/t29-,35?,36?,41?/m0/s1. The molecule has 3 unspecified atom stereocenters. The van der Waals surface area contributed by atoms with E-state index in [0.29, 0.717) is 6.42 Å². The van der Waals surface area contributed by atoms with Crippen molar-refractivity contribution in [3.05, 3.63) is 96.1 Å². The first kappa shape index (κ1) is 42.2. The number of unbranched alkanes of at least 4 members (excludes halogenated alkanes) is 2. The van der Waals surface area contributed by atoms with Gasteiger partial charge < -0.3 is 35.8 Å². The van der Waals surface area contributed by atoms with E-state index in [4.69, 9.17) is 9.47 Å². The number of hydrogen-bond donors (Lipinski definition) is 5. The van der Waals surface area contributed by atoms with Gasteiger partial charge in [0.1, 0.15) is 24.7 Å². The number of alkyl carbamates (subject to hydrolysis) is 1. The van der Waals surface area contributed by atoms with E-state index < -0.39 is 59.9 Å². The van der Waals surface area contributed by atoms with Crippen molar-refractivity contribution in [2.24, 2.45) is 11.3 Å². The number of amides is 4. The van der Waals surface area contributed by atoms with E-state index in [0.717, 1.165) is 35.1 Å². The van der Waals surface area contributed by atoms with E-state index in [1.807, 2.05) is 79.7 Å². The second-order valence-electron chi connectivity index (χ2n) is 13.6. The van der Waals surface area contributed by atoms with Gasteiger partial charge in [0.15, 0.2) is 0 Å². The largest absolute Gasteiger partial charge is 0.467 e. The molecule has 12 heteroatoms. The number of esters is 1. The summed E-state index contributed by atoms with van der Waals surface area (Å²) in [6.45, 7) is 6.03. The van der Waals surface area contributed by atoms with Crippen LogP contribution in [0.25, 0.3) is 11.1 Å². The lowest BCUT2D eigenvalue weighted by atomic mass is 9.73. The van der Waals surface area contributed by atoms with Gasteiger partial charge in [-0.1, -0.05) is 119 Å². The van der Waals surface area contributed by atoms with Crippen molar-refractivity contribution >= 4 is 29.8 Å². The van der Waals surface area contributed by atoms with E-state index in [9.17, 15) is 29.1 Å². The monoisotopic (exact) mass is 730 g/mol. The van der Waals surface area contributed by atoms with Gasteiger partial charge in [-0.15, -0.1) is 0 Å². The molecular weight excluding hydrogens is 676 g/mol. The summed E-state index contributed by atoms with van der Waals surface area (Å²) >= 11 is 0. The zero-order chi connectivity index (χ0) is 38.8. The van der Waals surface area contributed by atoms with Crippen LogP contribution in [-0.4, -0.2) is 73.3 Å². The fraction of sp³-hybridized carbons (Fsp3) is 0.439. The molecular formula is C41H54N4O8. The number of aliphatic hydroxyl groups excluding tert-OH is 1. The van der Waals surface area contributed by atoms with Crippen LogP contribution < -0.4 is 21.3 Å². The van der Waals surface area contributed by atoms with E-state index >= 15 is 0 Å². The summed E-state index contributed by atoms with van der Waals surface area (Å²) < 4.78 is 10.2. The third kappa shape index (κ3) is 12.7. The number of methoxy groups -OCH3 is 1. The molecule has 53 heavy (non-hydrogen) atoms. The Bertz CT molecular complexity index is 1640. The van der Waals surface area contributed by atoms with E-state index in [2.05, 4.69) is 21.3 Å². The molecule has 0 aliphatic carbocycles. The molecule has 0 aliphatic heterocycles. The molecule has 5 N–H and O–H groups in total. The van der Waals surface area contributed by atoms with Gasteiger partial charge in [-0.3, -0.25) is 14.4 Å². The van der Waals surface area contributed by atoms with E-state index in [1.165, 1.54) is 14.0 Å². The Hall–Kier alpha value is -5.23. The summed E-state index contributed by atoms with van der Waals surface area (Å²) in [5.74, 6) is -2.80. The minimum absolute atomic E-state index is 0.00709. The molecule has 0 aromatic heterocycles.